The normalized spacial score (nSPS) is 25.8. The Morgan fingerprint density at radius 1 is 0.576 bits per heavy atom. The quantitative estimate of drug-likeness (QED) is 0.239. The van der Waals surface area contributed by atoms with Crippen molar-refractivity contribution in [1.82, 2.24) is 0 Å². The van der Waals surface area contributed by atoms with Crippen LogP contribution in [-0.2, 0) is 6.42 Å². The Labute approximate surface area is 206 Å². The molecule has 0 radical (unpaired) electrons. The number of benzene rings is 1. The Bertz CT molecular complexity index is 589. The van der Waals surface area contributed by atoms with Crippen LogP contribution in [0.4, 0.5) is 0 Å². The highest BCUT2D eigenvalue weighted by atomic mass is 16.5. The van der Waals surface area contributed by atoms with Crippen LogP contribution >= 0.6 is 0 Å². The third kappa shape index (κ3) is 10.4. The molecule has 1 nitrogen and oxygen atoms in total. The molecule has 0 saturated heterocycles. The van der Waals surface area contributed by atoms with Gasteiger partial charge in [0.05, 0.1) is 6.61 Å². The fraction of sp³-hybridized carbons (Fsp3) is 0.812. The van der Waals surface area contributed by atoms with Crippen molar-refractivity contribution in [3.05, 3.63) is 29.8 Å². The van der Waals surface area contributed by atoms with E-state index in [1.54, 1.807) is 0 Å². The summed E-state index contributed by atoms with van der Waals surface area (Å²) in [5, 5.41) is 0. The summed E-state index contributed by atoms with van der Waals surface area (Å²) in [7, 11) is 0. The van der Waals surface area contributed by atoms with E-state index in [4.69, 9.17) is 4.74 Å². The maximum atomic E-state index is 6.07. The second kappa shape index (κ2) is 15.8. The molecule has 0 bridgehead atoms. The number of hydrogen-bond acceptors (Lipinski definition) is 1. The van der Waals surface area contributed by atoms with E-state index >= 15 is 0 Å². The van der Waals surface area contributed by atoms with Crippen molar-refractivity contribution in [3.8, 4) is 5.75 Å². The maximum Gasteiger partial charge on any atom is 0.119 e. The van der Waals surface area contributed by atoms with Gasteiger partial charge in [-0.1, -0.05) is 122 Å². The van der Waals surface area contributed by atoms with Crippen molar-refractivity contribution in [2.75, 3.05) is 6.61 Å². The predicted octanol–water partition coefficient (Wildman–Crippen LogP) is 10.2. The minimum absolute atomic E-state index is 0.886. The first kappa shape index (κ1) is 26.6. The zero-order valence-corrected chi connectivity index (χ0v) is 22.2. The molecule has 1 heteroatoms. The Morgan fingerprint density at radius 3 is 1.61 bits per heavy atom. The van der Waals surface area contributed by atoms with E-state index in [2.05, 4.69) is 38.1 Å². The largest absolute Gasteiger partial charge is 0.494 e. The van der Waals surface area contributed by atoms with Crippen LogP contribution in [-0.4, -0.2) is 6.61 Å². The van der Waals surface area contributed by atoms with Crippen molar-refractivity contribution >= 4 is 0 Å². The van der Waals surface area contributed by atoms with Gasteiger partial charge in [0.15, 0.2) is 0 Å². The van der Waals surface area contributed by atoms with E-state index in [-0.39, 0.29) is 0 Å². The van der Waals surface area contributed by atoms with Gasteiger partial charge in [-0.15, -0.1) is 0 Å². The molecule has 2 aliphatic rings. The average Bonchev–Trinajstić information content (AvgIpc) is 2.86. The van der Waals surface area contributed by atoms with Gasteiger partial charge < -0.3 is 4.74 Å². The van der Waals surface area contributed by atoms with Gasteiger partial charge in [0.2, 0.25) is 0 Å². The van der Waals surface area contributed by atoms with Crippen molar-refractivity contribution < 1.29 is 4.74 Å². The molecule has 0 spiro atoms. The molecule has 2 fully saturated rings. The summed E-state index contributed by atoms with van der Waals surface area (Å²) in [4.78, 5) is 0. The van der Waals surface area contributed by atoms with Crippen LogP contribution in [0.2, 0.25) is 0 Å². The van der Waals surface area contributed by atoms with Gasteiger partial charge in [-0.25, -0.2) is 0 Å². The third-order valence-electron chi connectivity index (χ3n) is 8.90. The Balaban J connectivity index is 1.22. The summed E-state index contributed by atoms with van der Waals surface area (Å²) in [5.41, 5.74) is 1.49. The summed E-state index contributed by atoms with van der Waals surface area (Å²) in [5.74, 6) is 5.05. The fourth-order valence-corrected chi connectivity index (χ4v) is 6.48. The van der Waals surface area contributed by atoms with Crippen LogP contribution in [0.15, 0.2) is 24.3 Å². The predicted molar refractivity (Wildman–Crippen MR) is 144 cm³/mol. The van der Waals surface area contributed by atoms with Crippen molar-refractivity contribution in [2.45, 2.75) is 136 Å². The second-order valence-electron chi connectivity index (χ2n) is 11.6. The van der Waals surface area contributed by atoms with Gasteiger partial charge >= 0.3 is 0 Å². The van der Waals surface area contributed by atoms with Gasteiger partial charge in [0.1, 0.15) is 5.75 Å². The minimum atomic E-state index is 0.886. The first-order chi connectivity index (χ1) is 16.3. The van der Waals surface area contributed by atoms with Gasteiger partial charge in [-0.05, 0) is 67.1 Å². The fourth-order valence-electron chi connectivity index (χ4n) is 6.48. The molecule has 1 aromatic rings. The molecule has 1 aromatic carbocycles. The molecular formula is C32H54O. The summed E-state index contributed by atoms with van der Waals surface area (Å²) in [6.07, 6.45) is 27.0. The smallest absolute Gasteiger partial charge is 0.119 e. The monoisotopic (exact) mass is 454 g/mol. The number of rotatable bonds is 15. The number of ether oxygens (including phenoxy) is 1. The van der Waals surface area contributed by atoms with Crippen LogP contribution in [0.25, 0.3) is 0 Å². The molecule has 0 N–H and O–H groups in total. The van der Waals surface area contributed by atoms with Crippen molar-refractivity contribution in [3.63, 3.8) is 0 Å². The lowest BCUT2D eigenvalue weighted by molar-refractivity contribution is 0.228. The first-order valence-corrected chi connectivity index (χ1v) is 15.0. The van der Waals surface area contributed by atoms with Gasteiger partial charge in [-0.2, -0.15) is 0 Å². The third-order valence-corrected chi connectivity index (χ3v) is 8.90. The molecule has 0 heterocycles. The summed E-state index contributed by atoms with van der Waals surface area (Å²) in [6.45, 7) is 5.52. The first-order valence-electron chi connectivity index (χ1n) is 15.0. The van der Waals surface area contributed by atoms with Crippen molar-refractivity contribution in [1.29, 1.82) is 0 Å². The van der Waals surface area contributed by atoms with Crippen LogP contribution in [0, 0.1) is 23.7 Å². The van der Waals surface area contributed by atoms with Crippen LogP contribution < -0.4 is 4.74 Å². The van der Waals surface area contributed by atoms with Crippen LogP contribution in [0.1, 0.15) is 135 Å². The van der Waals surface area contributed by atoms with Gasteiger partial charge in [-0.3, -0.25) is 0 Å². The number of aryl methyl sites for hydroxylation is 1. The Morgan fingerprint density at radius 2 is 1.06 bits per heavy atom. The SMILES string of the molecule is CCCCC[C@H]1CC[C@H](CCc2ccc(OCCC[C@H]3CC[C@H](CCCC)CC3)cc2)CC1. The van der Waals surface area contributed by atoms with Gasteiger partial charge in [0.25, 0.3) is 0 Å². The summed E-state index contributed by atoms with van der Waals surface area (Å²) >= 11 is 0. The Kier molecular flexibility index (Phi) is 12.8. The molecule has 0 unspecified atom stereocenters. The van der Waals surface area contributed by atoms with Crippen LogP contribution in [0.5, 0.6) is 5.75 Å². The zero-order chi connectivity index (χ0) is 23.1. The zero-order valence-electron chi connectivity index (χ0n) is 22.2. The molecule has 3 rings (SSSR count). The molecular weight excluding hydrogens is 400 g/mol. The van der Waals surface area contributed by atoms with E-state index < -0.39 is 0 Å². The lowest BCUT2D eigenvalue weighted by Crippen LogP contribution is -2.15. The van der Waals surface area contributed by atoms with E-state index in [1.165, 1.54) is 128 Å². The van der Waals surface area contributed by atoms with E-state index in [9.17, 15) is 0 Å². The lowest BCUT2D eigenvalue weighted by atomic mass is 9.78. The molecule has 2 saturated carbocycles. The highest BCUT2D eigenvalue weighted by Gasteiger charge is 2.21. The van der Waals surface area contributed by atoms with E-state index in [0.29, 0.717) is 0 Å². The van der Waals surface area contributed by atoms with E-state index in [1.807, 2.05) is 0 Å². The molecule has 0 amide bonds. The average molecular weight is 455 g/mol. The number of unbranched alkanes of at least 4 members (excludes halogenated alkanes) is 3. The van der Waals surface area contributed by atoms with Crippen molar-refractivity contribution in [2.24, 2.45) is 23.7 Å². The number of hydrogen-bond donors (Lipinski definition) is 0. The molecule has 2 aliphatic carbocycles. The molecule has 188 valence electrons. The molecule has 0 atom stereocenters. The van der Waals surface area contributed by atoms with E-state index in [0.717, 1.165) is 36.0 Å². The molecule has 33 heavy (non-hydrogen) atoms. The standard InChI is InChI=1S/C32H54O/c1-3-5-7-10-28-16-18-30(19-17-28)20-21-31-22-24-32(25-23-31)33-26-8-11-29-14-12-27(13-15-29)9-6-4-2/h22-25,27-30H,3-21,26H2,1-2H3/t27-,28-,29-,30-. The lowest BCUT2D eigenvalue weighted by Gasteiger charge is -2.28. The molecule has 0 aliphatic heterocycles. The van der Waals surface area contributed by atoms with Crippen LogP contribution in [0.3, 0.4) is 0 Å². The molecule has 0 aromatic heterocycles. The highest BCUT2D eigenvalue weighted by Crippen LogP contribution is 2.35. The maximum absolute atomic E-state index is 6.07. The summed E-state index contributed by atoms with van der Waals surface area (Å²) in [6, 6.07) is 9.03. The summed E-state index contributed by atoms with van der Waals surface area (Å²) < 4.78 is 6.07. The topological polar surface area (TPSA) is 9.23 Å². The Hall–Kier alpha value is -0.980. The minimum Gasteiger partial charge on any atom is -0.494 e. The van der Waals surface area contributed by atoms with Gasteiger partial charge in [0, 0.05) is 0 Å². The second-order valence-corrected chi connectivity index (χ2v) is 11.6. The highest BCUT2D eigenvalue weighted by molar-refractivity contribution is 5.27.